The first-order chi connectivity index (χ1) is 14.5. The highest BCUT2D eigenvalue weighted by atomic mass is 127. The Hall–Kier alpha value is -2.13. The predicted octanol–water partition coefficient (Wildman–Crippen LogP) is 3.42. The highest BCUT2D eigenvalue weighted by molar-refractivity contribution is 14.0. The number of hydrogen-bond donors (Lipinski definition) is 2. The SMILES string of the molecule is CN=C(NCc1ccc(C(=O)N(C)C)cc1)NCC1(c2ccccc2)CCOCC1.I. The van der Waals surface area contributed by atoms with E-state index in [1.165, 1.54) is 5.56 Å². The van der Waals surface area contributed by atoms with E-state index >= 15 is 0 Å². The third-order valence-corrected chi connectivity index (χ3v) is 5.72. The van der Waals surface area contributed by atoms with Crippen LogP contribution in [0.15, 0.2) is 59.6 Å². The standard InChI is InChI=1S/C24H32N4O2.HI/c1-25-23(26-17-19-9-11-20(12-10-19)22(29)28(2)3)27-18-24(13-15-30-16-14-24)21-7-5-4-6-8-21;/h4-12H,13-18H2,1-3H3,(H2,25,26,27);1H. The molecule has 3 rings (SSSR count). The van der Waals surface area contributed by atoms with Crippen molar-refractivity contribution in [2.24, 2.45) is 4.99 Å². The average molecular weight is 536 g/mol. The fourth-order valence-corrected chi connectivity index (χ4v) is 3.80. The summed E-state index contributed by atoms with van der Waals surface area (Å²) < 4.78 is 5.63. The highest BCUT2D eigenvalue weighted by Gasteiger charge is 2.34. The number of ether oxygens (including phenoxy) is 1. The van der Waals surface area contributed by atoms with Gasteiger partial charge >= 0.3 is 0 Å². The van der Waals surface area contributed by atoms with Gasteiger partial charge in [0.25, 0.3) is 5.91 Å². The van der Waals surface area contributed by atoms with Crippen molar-refractivity contribution in [1.29, 1.82) is 0 Å². The molecule has 1 amide bonds. The third kappa shape index (κ3) is 6.67. The first kappa shape index (κ1) is 25.1. The summed E-state index contributed by atoms with van der Waals surface area (Å²) in [7, 11) is 5.30. The van der Waals surface area contributed by atoms with Gasteiger partial charge in [-0.1, -0.05) is 42.5 Å². The fraction of sp³-hybridized carbons (Fsp3) is 0.417. The number of rotatable bonds is 6. The second-order valence-electron chi connectivity index (χ2n) is 7.93. The van der Waals surface area contributed by atoms with Crippen molar-refractivity contribution in [1.82, 2.24) is 15.5 Å². The molecule has 31 heavy (non-hydrogen) atoms. The lowest BCUT2D eigenvalue weighted by atomic mass is 9.74. The van der Waals surface area contributed by atoms with Crippen LogP contribution in [0, 0.1) is 0 Å². The van der Waals surface area contributed by atoms with E-state index < -0.39 is 0 Å². The van der Waals surface area contributed by atoms with Gasteiger partial charge in [-0.2, -0.15) is 0 Å². The van der Waals surface area contributed by atoms with Crippen molar-refractivity contribution in [3.63, 3.8) is 0 Å². The molecule has 2 N–H and O–H groups in total. The van der Waals surface area contributed by atoms with Crippen LogP contribution < -0.4 is 10.6 Å². The maximum Gasteiger partial charge on any atom is 0.253 e. The van der Waals surface area contributed by atoms with Crippen LogP contribution in [0.3, 0.4) is 0 Å². The Bertz CT molecular complexity index is 848. The molecule has 6 nitrogen and oxygen atoms in total. The van der Waals surface area contributed by atoms with Crippen molar-refractivity contribution in [3.05, 3.63) is 71.3 Å². The molecule has 0 aliphatic carbocycles. The monoisotopic (exact) mass is 536 g/mol. The maximum atomic E-state index is 12.0. The van der Waals surface area contributed by atoms with E-state index in [1.807, 2.05) is 24.3 Å². The topological polar surface area (TPSA) is 66.0 Å². The van der Waals surface area contributed by atoms with E-state index in [0.717, 1.165) is 44.1 Å². The molecule has 7 heteroatoms. The lowest BCUT2D eigenvalue weighted by molar-refractivity contribution is 0.0514. The number of carbonyl (C=O) groups is 1. The van der Waals surface area contributed by atoms with Crippen LogP contribution in [0.5, 0.6) is 0 Å². The number of carbonyl (C=O) groups excluding carboxylic acids is 1. The Kier molecular flexibility index (Phi) is 9.77. The largest absolute Gasteiger partial charge is 0.381 e. The smallest absolute Gasteiger partial charge is 0.253 e. The normalized spacial score (nSPS) is 15.5. The van der Waals surface area contributed by atoms with Gasteiger partial charge in [-0.15, -0.1) is 24.0 Å². The van der Waals surface area contributed by atoms with Crippen molar-refractivity contribution < 1.29 is 9.53 Å². The van der Waals surface area contributed by atoms with Crippen molar-refractivity contribution in [2.45, 2.75) is 24.8 Å². The first-order valence-corrected chi connectivity index (χ1v) is 10.4. The van der Waals surface area contributed by atoms with Gasteiger partial charge in [0.1, 0.15) is 0 Å². The zero-order chi connectivity index (χ0) is 21.4. The molecule has 1 saturated heterocycles. The van der Waals surface area contributed by atoms with Crippen LogP contribution in [0.1, 0.15) is 34.3 Å². The fourth-order valence-electron chi connectivity index (χ4n) is 3.80. The summed E-state index contributed by atoms with van der Waals surface area (Å²) in [5.74, 6) is 0.778. The van der Waals surface area contributed by atoms with Crippen LogP contribution in [-0.2, 0) is 16.7 Å². The summed E-state index contributed by atoms with van der Waals surface area (Å²) in [6, 6.07) is 18.3. The van der Waals surface area contributed by atoms with Gasteiger partial charge in [0, 0.05) is 58.4 Å². The molecule has 0 spiro atoms. The Morgan fingerprint density at radius 2 is 1.68 bits per heavy atom. The molecule has 2 aromatic rings. The number of benzene rings is 2. The first-order valence-electron chi connectivity index (χ1n) is 10.4. The van der Waals surface area contributed by atoms with Crippen molar-refractivity contribution >= 4 is 35.8 Å². The molecule has 0 unspecified atom stereocenters. The van der Waals surface area contributed by atoms with E-state index in [-0.39, 0.29) is 35.3 Å². The minimum Gasteiger partial charge on any atom is -0.381 e. The third-order valence-electron chi connectivity index (χ3n) is 5.72. The molecular weight excluding hydrogens is 503 g/mol. The second kappa shape index (κ2) is 12.0. The molecule has 2 aromatic carbocycles. The minimum absolute atomic E-state index is 0. The number of nitrogens with one attached hydrogen (secondary N) is 2. The van der Waals surface area contributed by atoms with E-state index in [0.29, 0.717) is 12.1 Å². The quantitative estimate of drug-likeness (QED) is 0.338. The Morgan fingerprint density at radius 3 is 2.26 bits per heavy atom. The van der Waals surface area contributed by atoms with Crippen molar-refractivity contribution in [2.75, 3.05) is 40.9 Å². The van der Waals surface area contributed by atoms with Crippen molar-refractivity contribution in [3.8, 4) is 0 Å². The molecule has 1 fully saturated rings. The zero-order valence-corrected chi connectivity index (χ0v) is 20.9. The molecule has 0 bridgehead atoms. The number of nitrogens with zero attached hydrogens (tertiary/aromatic N) is 2. The molecule has 0 aromatic heterocycles. The van der Waals surface area contributed by atoms with Gasteiger partial charge < -0.3 is 20.3 Å². The lowest BCUT2D eigenvalue weighted by Gasteiger charge is -2.38. The lowest BCUT2D eigenvalue weighted by Crippen LogP contribution is -2.47. The minimum atomic E-state index is 0. The number of guanidine groups is 1. The van der Waals surface area contributed by atoms with E-state index in [1.54, 1.807) is 26.0 Å². The molecule has 0 atom stereocenters. The maximum absolute atomic E-state index is 12.0. The molecule has 1 heterocycles. The molecular formula is C24H33IN4O2. The zero-order valence-electron chi connectivity index (χ0n) is 18.6. The summed E-state index contributed by atoms with van der Waals surface area (Å²) >= 11 is 0. The highest BCUT2D eigenvalue weighted by Crippen LogP contribution is 2.34. The summed E-state index contributed by atoms with van der Waals surface area (Å²) in [5.41, 5.74) is 3.18. The molecule has 0 saturated carbocycles. The van der Waals surface area contributed by atoms with Crippen LogP contribution in [-0.4, -0.2) is 57.7 Å². The van der Waals surface area contributed by atoms with Gasteiger partial charge in [-0.05, 0) is 36.1 Å². The molecule has 1 aliphatic heterocycles. The number of hydrogen-bond acceptors (Lipinski definition) is 3. The number of aliphatic imine (C=N–C) groups is 1. The van der Waals surface area contributed by atoms with Gasteiger partial charge in [-0.25, -0.2) is 0 Å². The average Bonchev–Trinajstić information content (AvgIpc) is 2.80. The van der Waals surface area contributed by atoms with Crippen LogP contribution >= 0.6 is 24.0 Å². The summed E-state index contributed by atoms with van der Waals surface area (Å²) in [6.45, 7) is 3.00. The summed E-state index contributed by atoms with van der Waals surface area (Å²) in [5, 5.41) is 6.89. The van der Waals surface area contributed by atoms with Gasteiger partial charge in [0.2, 0.25) is 0 Å². The van der Waals surface area contributed by atoms with Gasteiger partial charge in [0.15, 0.2) is 5.96 Å². The van der Waals surface area contributed by atoms with E-state index in [4.69, 9.17) is 4.74 Å². The van der Waals surface area contributed by atoms with E-state index in [9.17, 15) is 4.79 Å². The predicted molar refractivity (Wildman–Crippen MR) is 136 cm³/mol. The number of halogens is 1. The Labute approximate surface area is 202 Å². The van der Waals surface area contributed by atoms with Gasteiger partial charge in [-0.3, -0.25) is 9.79 Å². The van der Waals surface area contributed by atoms with E-state index in [2.05, 4.69) is 46.0 Å². The summed E-state index contributed by atoms with van der Waals surface area (Å²) in [6.07, 6.45) is 1.98. The van der Waals surface area contributed by atoms with Crippen LogP contribution in [0.4, 0.5) is 0 Å². The Balaban J connectivity index is 0.00000341. The molecule has 0 radical (unpaired) electrons. The molecule has 1 aliphatic rings. The second-order valence-corrected chi connectivity index (χ2v) is 7.93. The van der Waals surface area contributed by atoms with Crippen LogP contribution in [0.2, 0.25) is 0 Å². The van der Waals surface area contributed by atoms with Crippen LogP contribution in [0.25, 0.3) is 0 Å². The molecule has 168 valence electrons. The summed E-state index contributed by atoms with van der Waals surface area (Å²) in [4.78, 5) is 18.0. The van der Waals surface area contributed by atoms with Gasteiger partial charge in [0.05, 0.1) is 0 Å². The Morgan fingerprint density at radius 1 is 1.03 bits per heavy atom. The number of amides is 1.